The Bertz CT molecular complexity index is 692. The zero-order chi connectivity index (χ0) is 17.0. The lowest BCUT2D eigenvalue weighted by atomic mass is 9.99. The zero-order valence-electron chi connectivity index (χ0n) is 13.4. The van der Waals surface area contributed by atoms with Gasteiger partial charge in [-0.3, -0.25) is 9.59 Å². The minimum Gasteiger partial charge on any atom is -0.481 e. The van der Waals surface area contributed by atoms with E-state index in [2.05, 4.69) is 10.5 Å². The normalized spacial score (nSPS) is 12.2. The molecule has 0 spiro atoms. The lowest BCUT2D eigenvalue weighted by Crippen LogP contribution is -2.32. The Hall–Kier alpha value is -2.63. The number of carboxylic acid groups (broad SMARTS) is 1. The molecule has 1 atom stereocenters. The van der Waals surface area contributed by atoms with Gasteiger partial charge < -0.3 is 14.9 Å². The van der Waals surface area contributed by atoms with Crippen molar-refractivity contribution in [1.82, 2.24) is 10.5 Å². The summed E-state index contributed by atoms with van der Waals surface area (Å²) in [5.74, 6) is -1.63. The molecule has 1 unspecified atom stereocenters. The molecule has 0 bridgehead atoms. The Kier molecular flexibility index (Phi) is 5.16. The van der Waals surface area contributed by atoms with Gasteiger partial charge in [-0.25, -0.2) is 0 Å². The molecule has 2 N–H and O–H groups in total. The molecule has 0 aliphatic carbocycles. The monoisotopic (exact) mass is 316 g/mol. The summed E-state index contributed by atoms with van der Waals surface area (Å²) in [6.45, 7) is 5.50. The first-order chi connectivity index (χ1) is 10.9. The Morgan fingerprint density at radius 1 is 1.26 bits per heavy atom. The molecule has 0 saturated heterocycles. The molecule has 0 radical (unpaired) electrons. The SMILES string of the molecule is Cc1noc(C(C)C)c1C(=O)NCC(C(=O)O)c1ccccc1. The maximum Gasteiger partial charge on any atom is 0.312 e. The Balaban J connectivity index is 2.14. The van der Waals surface area contributed by atoms with Crippen molar-refractivity contribution in [2.24, 2.45) is 0 Å². The summed E-state index contributed by atoms with van der Waals surface area (Å²) < 4.78 is 5.19. The van der Waals surface area contributed by atoms with Crippen molar-refractivity contribution in [3.63, 3.8) is 0 Å². The van der Waals surface area contributed by atoms with Gasteiger partial charge in [0.05, 0.1) is 11.6 Å². The largest absolute Gasteiger partial charge is 0.481 e. The van der Waals surface area contributed by atoms with E-state index in [1.54, 1.807) is 31.2 Å². The number of amides is 1. The predicted octanol–water partition coefficient (Wildman–Crippen LogP) is 2.70. The molecule has 6 heteroatoms. The molecule has 0 aliphatic rings. The van der Waals surface area contributed by atoms with Crippen molar-refractivity contribution in [2.75, 3.05) is 6.54 Å². The quantitative estimate of drug-likeness (QED) is 0.855. The lowest BCUT2D eigenvalue weighted by Gasteiger charge is -2.14. The highest BCUT2D eigenvalue weighted by molar-refractivity contribution is 5.96. The highest BCUT2D eigenvalue weighted by atomic mass is 16.5. The average molecular weight is 316 g/mol. The van der Waals surface area contributed by atoms with Gasteiger partial charge in [0, 0.05) is 12.5 Å². The Morgan fingerprint density at radius 3 is 2.48 bits per heavy atom. The second-order valence-electron chi connectivity index (χ2n) is 5.67. The van der Waals surface area contributed by atoms with Gasteiger partial charge in [0.25, 0.3) is 5.91 Å². The molecule has 1 aromatic heterocycles. The summed E-state index contributed by atoms with van der Waals surface area (Å²) >= 11 is 0. The summed E-state index contributed by atoms with van der Waals surface area (Å²) in [4.78, 5) is 23.9. The predicted molar refractivity (Wildman–Crippen MR) is 84.5 cm³/mol. The Labute approximate surface area is 134 Å². The molecule has 6 nitrogen and oxygen atoms in total. The minimum absolute atomic E-state index is 0.000333. The number of carbonyl (C=O) groups excluding carboxylic acids is 1. The van der Waals surface area contributed by atoms with E-state index in [4.69, 9.17) is 4.52 Å². The van der Waals surface area contributed by atoms with E-state index in [-0.39, 0.29) is 18.4 Å². The maximum absolute atomic E-state index is 12.4. The Morgan fingerprint density at radius 2 is 1.91 bits per heavy atom. The lowest BCUT2D eigenvalue weighted by molar-refractivity contribution is -0.138. The van der Waals surface area contributed by atoms with Crippen molar-refractivity contribution >= 4 is 11.9 Å². The number of nitrogens with one attached hydrogen (secondary N) is 1. The fraction of sp³-hybridized carbons (Fsp3) is 0.353. The first-order valence-electron chi connectivity index (χ1n) is 7.44. The molecule has 0 aliphatic heterocycles. The van der Waals surface area contributed by atoms with E-state index in [0.717, 1.165) is 0 Å². The van der Waals surface area contributed by atoms with Crippen LogP contribution in [0.5, 0.6) is 0 Å². The van der Waals surface area contributed by atoms with Gasteiger partial charge >= 0.3 is 5.97 Å². The first-order valence-corrected chi connectivity index (χ1v) is 7.44. The third-order valence-corrected chi connectivity index (χ3v) is 3.61. The van der Waals surface area contributed by atoms with Crippen LogP contribution in [0.25, 0.3) is 0 Å². The smallest absolute Gasteiger partial charge is 0.312 e. The number of hydrogen-bond donors (Lipinski definition) is 2. The van der Waals surface area contributed by atoms with Gasteiger partial charge in [-0.15, -0.1) is 0 Å². The number of benzene rings is 1. The van der Waals surface area contributed by atoms with Gasteiger partial charge in [0.2, 0.25) is 0 Å². The van der Waals surface area contributed by atoms with Crippen molar-refractivity contribution in [1.29, 1.82) is 0 Å². The third kappa shape index (κ3) is 3.77. The average Bonchev–Trinajstić information content (AvgIpc) is 2.90. The van der Waals surface area contributed by atoms with Crippen LogP contribution in [0.3, 0.4) is 0 Å². The fourth-order valence-electron chi connectivity index (χ4n) is 2.37. The van der Waals surface area contributed by atoms with Crippen molar-refractivity contribution in [2.45, 2.75) is 32.6 Å². The van der Waals surface area contributed by atoms with Gasteiger partial charge in [-0.05, 0) is 12.5 Å². The second-order valence-corrected chi connectivity index (χ2v) is 5.67. The molecule has 122 valence electrons. The van der Waals surface area contributed by atoms with Crippen LogP contribution in [0, 0.1) is 6.92 Å². The molecule has 1 amide bonds. The van der Waals surface area contributed by atoms with E-state index in [0.29, 0.717) is 22.6 Å². The minimum atomic E-state index is -0.984. The summed E-state index contributed by atoms with van der Waals surface area (Å²) in [7, 11) is 0. The first kappa shape index (κ1) is 16.7. The van der Waals surface area contributed by atoms with E-state index in [1.807, 2.05) is 19.9 Å². The molecule has 0 saturated carbocycles. The fourth-order valence-corrected chi connectivity index (χ4v) is 2.37. The number of aromatic nitrogens is 1. The molecule has 2 rings (SSSR count). The maximum atomic E-state index is 12.4. The van der Waals surface area contributed by atoms with Crippen molar-refractivity contribution < 1.29 is 19.2 Å². The molecular weight excluding hydrogens is 296 g/mol. The molecule has 1 heterocycles. The van der Waals surface area contributed by atoms with Crippen molar-refractivity contribution in [3.8, 4) is 0 Å². The van der Waals surface area contributed by atoms with Gasteiger partial charge in [0.15, 0.2) is 5.76 Å². The standard InChI is InChI=1S/C17H20N2O4/c1-10(2)15-14(11(3)19-23-15)16(20)18-9-13(17(21)22)12-7-5-4-6-8-12/h4-8,10,13H,9H2,1-3H3,(H,18,20)(H,21,22). The van der Waals surface area contributed by atoms with Crippen LogP contribution in [-0.4, -0.2) is 28.7 Å². The van der Waals surface area contributed by atoms with Gasteiger partial charge in [0.1, 0.15) is 5.56 Å². The van der Waals surface area contributed by atoms with E-state index in [9.17, 15) is 14.7 Å². The summed E-state index contributed by atoms with van der Waals surface area (Å²) in [6, 6.07) is 8.82. The van der Waals surface area contributed by atoms with E-state index < -0.39 is 11.9 Å². The van der Waals surface area contributed by atoms with Crippen LogP contribution in [-0.2, 0) is 4.79 Å². The van der Waals surface area contributed by atoms with Crippen LogP contribution >= 0.6 is 0 Å². The van der Waals surface area contributed by atoms with Crippen molar-refractivity contribution in [3.05, 3.63) is 52.9 Å². The number of nitrogens with zero attached hydrogens (tertiary/aromatic N) is 1. The summed E-state index contributed by atoms with van der Waals surface area (Å²) in [6.07, 6.45) is 0. The number of rotatable bonds is 6. The second kappa shape index (κ2) is 7.09. The van der Waals surface area contributed by atoms with Gasteiger partial charge in [-0.2, -0.15) is 0 Å². The zero-order valence-corrected chi connectivity index (χ0v) is 13.4. The third-order valence-electron chi connectivity index (χ3n) is 3.61. The highest BCUT2D eigenvalue weighted by Crippen LogP contribution is 2.22. The molecular formula is C17H20N2O4. The molecule has 2 aromatic rings. The topological polar surface area (TPSA) is 92.4 Å². The highest BCUT2D eigenvalue weighted by Gasteiger charge is 2.25. The molecule has 1 aromatic carbocycles. The van der Waals surface area contributed by atoms with Crippen LogP contribution in [0.2, 0.25) is 0 Å². The van der Waals surface area contributed by atoms with Gasteiger partial charge in [-0.1, -0.05) is 49.3 Å². The van der Waals surface area contributed by atoms with Crippen LogP contribution in [0.15, 0.2) is 34.9 Å². The van der Waals surface area contributed by atoms with Crippen LogP contribution in [0.4, 0.5) is 0 Å². The number of carboxylic acids is 1. The van der Waals surface area contributed by atoms with Crippen LogP contribution < -0.4 is 5.32 Å². The van der Waals surface area contributed by atoms with E-state index in [1.165, 1.54) is 0 Å². The summed E-state index contributed by atoms with van der Waals surface area (Å²) in [5, 5.41) is 15.9. The van der Waals surface area contributed by atoms with Crippen LogP contribution in [0.1, 0.15) is 53.1 Å². The molecule has 23 heavy (non-hydrogen) atoms. The number of hydrogen-bond acceptors (Lipinski definition) is 4. The number of aliphatic carboxylic acids is 1. The van der Waals surface area contributed by atoms with E-state index >= 15 is 0 Å². The number of carbonyl (C=O) groups is 2. The molecule has 0 fully saturated rings. The number of aryl methyl sites for hydroxylation is 1. The summed E-state index contributed by atoms with van der Waals surface area (Å²) in [5.41, 5.74) is 1.53.